The van der Waals surface area contributed by atoms with Gasteiger partial charge < -0.3 is 5.32 Å². The first-order chi connectivity index (χ1) is 8.83. The van der Waals surface area contributed by atoms with Gasteiger partial charge in [-0.05, 0) is 55.7 Å². The Morgan fingerprint density at radius 3 is 2.78 bits per heavy atom. The van der Waals surface area contributed by atoms with Crippen LogP contribution in [0.4, 0.5) is 4.39 Å². The first-order valence-electron chi connectivity index (χ1n) is 7.17. The van der Waals surface area contributed by atoms with E-state index in [1.807, 2.05) is 6.20 Å². The molecule has 0 aromatic carbocycles. The summed E-state index contributed by atoms with van der Waals surface area (Å²) in [6.45, 7) is 1.09. The molecule has 1 heterocycles. The van der Waals surface area contributed by atoms with Crippen LogP contribution >= 0.6 is 0 Å². The van der Waals surface area contributed by atoms with E-state index in [0.29, 0.717) is 11.8 Å². The lowest BCUT2D eigenvalue weighted by Crippen LogP contribution is -2.30. The minimum Gasteiger partial charge on any atom is -0.314 e. The molecule has 0 radical (unpaired) electrons. The van der Waals surface area contributed by atoms with E-state index < -0.39 is 0 Å². The van der Waals surface area contributed by atoms with Crippen LogP contribution in [0.1, 0.15) is 50.0 Å². The van der Waals surface area contributed by atoms with Crippen LogP contribution in [0.15, 0.2) is 18.5 Å². The lowest BCUT2D eigenvalue weighted by Gasteiger charge is -2.32. The van der Waals surface area contributed by atoms with Crippen LogP contribution in [0.5, 0.6) is 0 Å². The Morgan fingerprint density at radius 2 is 2.00 bits per heavy atom. The molecular formula is C15H21FN2. The first-order valence-corrected chi connectivity index (χ1v) is 7.17. The summed E-state index contributed by atoms with van der Waals surface area (Å²) in [6.07, 6.45) is 10.8. The van der Waals surface area contributed by atoms with E-state index in [-0.39, 0.29) is 5.82 Å². The second-order valence-electron chi connectivity index (χ2n) is 5.77. The molecule has 98 valence electrons. The van der Waals surface area contributed by atoms with Crippen LogP contribution in [0.25, 0.3) is 0 Å². The van der Waals surface area contributed by atoms with Crippen LogP contribution in [-0.4, -0.2) is 17.6 Å². The van der Waals surface area contributed by atoms with Crippen LogP contribution < -0.4 is 5.32 Å². The minimum atomic E-state index is -0.202. The number of pyridine rings is 1. The van der Waals surface area contributed by atoms with Gasteiger partial charge in [0.25, 0.3) is 0 Å². The molecular weight excluding hydrogens is 227 g/mol. The van der Waals surface area contributed by atoms with Crippen molar-refractivity contribution in [2.75, 3.05) is 6.54 Å². The average Bonchev–Trinajstić information content (AvgIpc) is 3.21. The number of halogens is 1. The van der Waals surface area contributed by atoms with Crippen molar-refractivity contribution < 1.29 is 4.39 Å². The smallest absolute Gasteiger partial charge is 0.141 e. The molecule has 3 heteroatoms. The highest BCUT2D eigenvalue weighted by atomic mass is 19.1. The SMILES string of the molecule is Fc1cncc(C2CCCCC2CNC2CC2)c1. The molecule has 1 N–H and O–H groups in total. The lowest BCUT2D eigenvalue weighted by atomic mass is 9.76. The maximum absolute atomic E-state index is 13.3. The van der Waals surface area contributed by atoms with Gasteiger partial charge in [-0.15, -0.1) is 0 Å². The van der Waals surface area contributed by atoms with E-state index in [0.717, 1.165) is 18.2 Å². The predicted octanol–water partition coefficient (Wildman–Crippen LogP) is 3.25. The zero-order valence-electron chi connectivity index (χ0n) is 10.7. The number of nitrogens with zero attached hydrogens (tertiary/aromatic N) is 1. The summed E-state index contributed by atoms with van der Waals surface area (Å²) in [6, 6.07) is 2.44. The topological polar surface area (TPSA) is 24.9 Å². The highest BCUT2D eigenvalue weighted by Gasteiger charge is 2.29. The fourth-order valence-corrected chi connectivity index (χ4v) is 3.13. The maximum Gasteiger partial charge on any atom is 0.141 e. The number of aromatic nitrogens is 1. The Balaban J connectivity index is 1.69. The van der Waals surface area contributed by atoms with Gasteiger partial charge in [-0.3, -0.25) is 4.98 Å². The minimum absolute atomic E-state index is 0.202. The van der Waals surface area contributed by atoms with Crippen LogP contribution in [0, 0.1) is 11.7 Å². The van der Waals surface area contributed by atoms with Gasteiger partial charge in [-0.1, -0.05) is 12.8 Å². The summed E-state index contributed by atoms with van der Waals surface area (Å²) >= 11 is 0. The molecule has 0 aliphatic heterocycles. The summed E-state index contributed by atoms with van der Waals surface area (Å²) in [5, 5.41) is 3.63. The molecule has 2 nitrogen and oxygen atoms in total. The Labute approximate surface area is 108 Å². The quantitative estimate of drug-likeness (QED) is 0.884. The molecule has 0 saturated heterocycles. The monoisotopic (exact) mass is 248 g/mol. The van der Waals surface area contributed by atoms with Gasteiger partial charge in [0.15, 0.2) is 0 Å². The normalized spacial score (nSPS) is 28.3. The fraction of sp³-hybridized carbons (Fsp3) is 0.667. The van der Waals surface area contributed by atoms with Gasteiger partial charge in [0, 0.05) is 12.2 Å². The summed E-state index contributed by atoms with van der Waals surface area (Å²) in [5.74, 6) is 0.947. The van der Waals surface area contributed by atoms with Gasteiger partial charge in [0.05, 0.1) is 6.20 Å². The Kier molecular flexibility index (Phi) is 3.59. The van der Waals surface area contributed by atoms with Crippen molar-refractivity contribution in [1.82, 2.24) is 10.3 Å². The molecule has 2 saturated carbocycles. The van der Waals surface area contributed by atoms with Crippen molar-refractivity contribution in [2.24, 2.45) is 5.92 Å². The van der Waals surface area contributed by atoms with Crippen molar-refractivity contribution in [1.29, 1.82) is 0 Å². The number of hydrogen-bond donors (Lipinski definition) is 1. The van der Waals surface area contributed by atoms with E-state index in [2.05, 4.69) is 10.3 Å². The van der Waals surface area contributed by atoms with Crippen molar-refractivity contribution in [3.05, 3.63) is 29.8 Å². The standard InChI is InChI=1S/C15H21FN2/c16-13-7-12(8-17-10-13)15-4-2-1-3-11(15)9-18-14-5-6-14/h7-8,10-11,14-15,18H,1-6,9H2. The molecule has 2 aliphatic rings. The van der Waals surface area contributed by atoms with E-state index in [9.17, 15) is 4.39 Å². The number of nitrogens with one attached hydrogen (secondary N) is 1. The van der Waals surface area contributed by atoms with E-state index in [1.165, 1.54) is 44.7 Å². The molecule has 0 spiro atoms. The van der Waals surface area contributed by atoms with Crippen molar-refractivity contribution in [3.8, 4) is 0 Å². The van der Waals surface area contributed by atoms with Gasteiger partial charge in [-0.25, -0.2) is 4.39 Å². The van der Waals surface area contributed by atoms with Gasteiger partial charge in [0.2, 0.25) is 0 Å². The van der Waals surface area contributed by atoms with Crippen LogP contribution in [0.2, 0.25) is 0 Å². The van der Waals surface area contributed by atoms with Gasteiger partial charge in [0.1, 0.15) is 5.82 Å². The molecule has 2 unspecified atom stereocenters. The third-order valence-electron chi connectivity index (χ3n) is 4.31. The predicted molar refractivity (Wildman–Crippen MR) is 69.9 cm³/mol. The molecule has 1 aromatic rings. The van der Waals surface area contributed by atoms with Gasteiger partial charge >= 0.3 is 0 Å². The van der Waals surface area contributed by atoms with Crippen LogP contribution in [-0.2, 0) is 0 Å². The molecule has 2 aliphatic carbocycles. The summed E-state index contributed by atoms with van der Waals surface area (Å²) < 4.78 is 13.3. The highest BCUT2D eigenvalue weighted by Crippen LogP contribution is 2.37. The third kappa shape index (κ3) is 2.89. The molecule has 2 fully saturated rings. The number of hydrogen-bond acceptors (Lipinski definition) is 2. The molecule has 1 aromatic heterocycles. The summed E-state index contributed by atoms with van der Waals surface area (Å²) in [4.78, 5) is 4.01. The largest absolute Gasteiger partial charge is 0.314 e. The Hall–Kier alpha value is -0.960. The van der Waals surface area contributed by atoms with Crippen molar-refractivity contribution in [2.45, 2.75) is 50.5 Å². The zero-order chi connectivity index (χ0) is 12.4. The molecule has 0 bridgehead atoms. The Bertz CT molecular complexity index is 403. The fourth-order valence-electron chi connectivity index (χ4n) is 3.13. The molecule has 3 rings (SSSR count). The van der Waals surface area contributed by atoms with Crippen molar-refractivity contribution >= 4 is 0 Å². The lowest BCUT2D eigenvalue weighted by molar-refractivity contribution is 0.294. The van der Waals surface area contributed by atoms with E-state index >= 15 is 0 Å². The Morgan fingerprint density at radius 1 is 1.17 bits per heavy atom. The van der Waals surface area contributed by atoms with Crippen molar-refractivity contribution in [3.63, 3.8) is 0 Å². The second-order valence-corrected chi connectivity index (χ2v) is 5.77. The third-order valence-corrected chi connectivity index (χ3v) is 4.31. The highest BCUT2D eigenvalue weighted by molar-refractivity contribution is 5.17. The van der Waals surface area contributed by atoms with E-state index in [1.54, 1.807) is 6.07 Å². The molecule has 2 atom stereocenters. The van der Waals surface area contributed by atoms with E-state index in [4.69, 9.17) is 0 Å². The maximum atomic E-state index is 13.3. The molecule has 18 heavy (non-hydrogen) atoms. The van der Waals surface area contributed by atoms with Crippen LogP contribution in [0.3, 0.4) is 0 Å². The van der Waals surface area contributed by atoms with Gasteiger partial charge in [-0.2, -0.15) is 0 Å². The number of rotatable bonds is 4. The molecule has 0 amide bonds. The zero-order valence-corrected chi connectivity index (χ0v) is 10.7. The average molecular weight is 248 g/mol. The first kappa shape index (κ1) is 12.1. The summed E-state index contributed by atoms with van der Waals surface area (Å²) in [7, 11) is 0. The summed E-state index contributed by atoms with van der Waals surface area (Å²) in [5.41, 5.74) is 1.09. The second kappa shape index (κ2) is 5.35.